The van der Waals surface area contributed by atoms with Crippen LogP contribution in [0.3, 0.4) is 0 Å². The van der Waals surface area contributed by atoms with E-state index in [1.54, 1.807) is 0 Å². The Labute approximate surface area is 247 Å². The molecule has 1 saturated heterocycles. The summed E-state index contributed by atoms with van der Waals surface area (Å²) in [5.74, 6) is -3.44. The smallest absolute Gasteiger partial charge is 0.310 e. The number of nitriles is 1. The van der Waals surface area contributed by atoms with Gasteiger partial charge in [-0.05, 0) is 54.4 Å². The number of hydrogen-bond acceptors (Lipinski definition) is 6. The number of aromatic nitrogens is 1. The minimum Gasteiger partial charge on any atom is -0.379 e. The van der Waals surface area contributed by atoms with Crippen molar-refractivity contribution in [3.05, 3.63) is 89.8 Å². The van der Waals surface area contributed by atoms with Gasteiger partial charge >= 0.3 is 10.2 Å². The number of carbonyl (C=O) groups excluding carboxylic acids is 2. The third kappa shape index (κ3) is 7.58. The van der Waals surface area contributed by atoms with Crippen LogP contribution in [0, 0.1) is 23.1 Å². The van der Waals surface area contributed by atoms with Crippen molar-refractivity contribution in [3.8, 4) is 6.19 Å². The van der Waals surface area contributed by atoms with E-state index < -0.39 is 56.8 Å². The van der Waals surface area contributed by atoms with E-state index in [-0.39, 0.29) is 54.9 Å². The molecule has 0 radical (unpaired) electrons. The third-order valence-electron chi connectivity index (χ3n) is 6.95. The summed E-state index contributed by atoms with van der Waals surface area (Å²) in [6.45, 7) is -0.169. The van der Waals surface area contributed by atoms with Crippen LogP contribution in [0.2, 0.25) is 0 Å². The number of anilines is 1. The van der Waals surface area contributed by atoms with Crippen LogP contribution in [0.15, 0.2) is 71.9 Å². The normalized spacial score (nSPS) is 18.9. The fraction of sp³-hybridized carbons (Fsp3) is 0.286. The second-order valence-corrected chi connectivity index (χ2v) is 12.4. The summed E-state index contributed by atoms with van der Waals surface area (Å²) in [6.07, 6.45) is 3.83. The Balaban J connectivity index is 1.76. The molecule has 3 unspecified atom stereocenters. The minimum absolute atomic E-state index is 0.00828. The molecule has 3 atom stereocenters. The average molecular weight is 646 g/mol. The number of nitrogens with one attached hydrogen (secondary N) is 1. The highest BCUT2D eigenvalue weighted by atomic mass is 32.5. The summed E-state index contributed by atoms with van der Waals surface area (Å²) in [5.41, 5.74) is -0.0474. The second-order valence-electron chi connectivity index (χ2n) is 10.0. The van der Waals surface area contributed by atoms with Crippen molar-refractivity contribution >= 4 is 27.7 Å². The van der Waals surface area contributed by atoms with Crippen LogP contribution in [0.5, 0.6) is 0 Å². The fourth-order valence-corrected chi connectivity index (χ4v) is 5.53. The van der Waals surface area contributed by atoms with Gasteiger partial charge in [0.2, 0.25) is 5.91 Å². The maximum atomic E-state index is 14.1. The average Bonchev–Trinajstić information content (AvgIpc) is 3.38. The van der Waals surface area contributed by atoms with Gasteiger partial charge in [-0.2, -0.15) is 5.26 Å². The molecular formula is C28H26F7N5O3S. The first-order valence-electron chi connectivity index (χ1n) is 13.0. The van der Waals surface area contributed by atoms with Crippen LogP contribution in [0.1, 0.15) is 23.6 Å². The van der Waals surface area contributed by atoms with Crippen molar-refractivity contribution in [2.75, 3.05) is 25.1 Å². The van der Waals surface area contributed by atoms with E-state index in [0.29, 0.717) is 18.2 Å². The van der Waals surface area contributed by atoms with Crippen molar-refractivity contribution in [3.63, 3.8) is 0 Å². The van der Waals surface area contributed by atoms with E-state index >= 15 is 0 Å². The molecular weight excluding hydrogens is 619 g/mol. The Morgan fingerprint density at radius 1 is 1.11 bits per heavy atom. The molecule has 1 aliphatic rings. The number of amides is 2. The van der Waals surface area contributed by atoms with Crippen molar-refractivity contribution < 1.29 is 42.5 Å². The second kappa shape index (κ2) is 11.6. The molecule has 1 fully saturated rings. The topological polar surface area (TPSA) is 98.6 Å². The predicted octanol–water partition coefficient (Wildman–Crippen LogP) is 6.02. The summed E-state index contributed by atoms with van der Waals surface area (Å²) in [7, 11) is -8.72. The van der Waals surface area contributed by atoms with Gasteiger partial charge in [0.1, 0.15) is 28.6 Å². The monoisotopic (exact) mass is 645 g/mol. The summed E-state index contributed by atoms with van der Waals surface area (Å²) in [5, 5.41) is 12.2. The zero-order chi connectivity index (χ0) is 32.3. The highest BCUT2D eigenvalue weighted by Gasteiger charge is 2.65. The molecule has 1 aromatic heterocycles. The molecule has 16 heteroatoms. The van der Waals surface area contributed by atoms with Crippen LogP contribution in [0.25, 0.3) is 0 Å². The van der Waals surface area contributed by atoms with E-state index in [2.05, 4.69) is 10.3 Å². The molecule has 1 N–H and O–H groups in total. The maximum Gasteiger partial charge on any atom is 0.310 e. The zero-order valence-corrected chi connectivity index (χ0v) is 23.8. The minimum atomic E-state index is -10.1. The zero-order valence-electron chi connectivity index (χ0n) is 23.0. The van der Waals surface area contributed by atoms with Gasteiger partial charge in [0, 0.05) is 49.8 Å². The number of rotatable bonds is 10. The van der Waals surface area contributed by atoms with Gasteiger partial charge in [-0.1, -0.05) is 25.5 Å². The molecule has 0 saturated carbocycles. The lowest BCUT2D eigenvalue weighted by Crippen LogP contribution is -2.50. The number of carbonyl (C=O) groups is 2. The first-order valence-corrected chi connectivity index (χ1v) is 14.9. The van der Waals surface area contributed by atoms with E-state index in [9.17, 15) is 43.1 Å². The van der Waals surface area contributed by atoms with Crippen molar-refractivity contribution in [1.29, 1.82) is 5.26 Å². The summed E-state index contributed by atoms with van der Waals surface area (Å²) < 4.78 is 100.0. The number of halogens is 7. The number of hydrogen-bond donors (Lipinski definition) is 1. The Morgan fingerprint density at radius 2 is 1.77 bits per heavy atom. The standard InChI is InChI=1S/C28H26F7N5O3S/c1-43-23-14-25(39(16-23)17-36)28(42)40(22-4-6-24(7-5-22)44(31,32,33,34)35)26(19-3-2-9-37-15-19)27(41)38-10-8-18-11-20(29)13-21(30)12-18/h2-7,9,11-13,15,23,25-26H,8,10,14,16H2,1H3,(H,38,41). The first-order chi connectivity index (χ1) is 20.5. The van der Waals surface area contributed by atoms with Crippen LogP contribution >= 0.6 is 10.2 Å². The van der Waals surface area contributed by atoms with Gasteiger partial charge < -0.3 is 10.1 Å². The molecule has 44 heavy (non-hydrogen) atoms. The van der Waals surface area contributed by atoms with E-state index in [4.69, 9.17) is 4.74 Å². The lowest BCUT2D eigenvalue weighted by molar-refractivity contribution is -0.128. The first kappa shape index (κ1) is 32.6. The quantitative estimate of drug-likeness (QED) is 0.214. The number of ether oxygens (including phenoxy) is 1. The Bertz CT molecular complexity index is 1550. The van der Waals surface area contributed by atoms with Gasteiger partial charge in [-0.15, -0.1) is 0 Å². The lowest BCUT2D eigenvalue weighted by atomic mass is 10.0. The molecule has 8 nitrogen and oxygen atoms in total. The Kier molecular flexibility index (Phi) is 8.60. The van der Waals surface area contributed by atoms with Crippen LogP contribution in [0.4, 0.5) is 33.9 Å². The van der Waals surface area contributed by atoms with Crippen LogP contribution in [-0.4, -0.2) is 54.0 Å². The molecule has 236 valence electrons. The maximum absolute atomic E-state index is 14.1. The van der Waals surface area contributed by atoms with Gasteiger partial charge in [0.25, 0.3) is 5.91 Å². The van der Waals surface area contributed by atoms with Gasteiger partial charge in [-0.25, -0.2) is 8.78 Å². The number of nitrogens with zero attached hydrogens (tertiary/aromatic N) is 4. The van der Waals surface area contributed by atoms with E-state index in [1.165, 1.54) is 31.6 Å². The molecule has 4 rings (SSSR count). The number of benzene rings is 2. The molecule has 3 aromatic rings. The number of methoxy groups -OCH3 is 1. The summed E-state index contributed by atoms with van der Waals surface area (Å²) in [4.78, 5) is 31.5. The molecule has 0 bridgehead atoms. The molecule has 1 aliphatic heterocycles. The number of pyridine rings is 1. The van der Waals surface area contributed by atoms with Gasteiger partial charge in [0.15, 0.2) is 6.19 Å². The van der Waals surface area contributed by atoms with E-state index in [0.717, 1.165) is 21.9 Å². The molecule has 2 aromatic carbocycles. The van der Waals surface area contributed by atoms with Crippen molar-refractivity contribution in [2.24, 2.45) is 0 Å². The van der Waals surface area contributed by atoms with Crippen molar-refractivity contribution in [2.45, 2.75) is 35.9 Å². The Hall–Kier alpha value is -4.36. The largest absolute Gasteiger partial charge is 0.379 e. The Morgan fingerprint density at radius 3 is 2.32 bits per heavy atom. The van der Waals surface area contributed by atoms with Gasteiger partial charge in [-0.3, -0.25) is 24.4 Å². The lowest BCUT2D eigenvalue weighted by Gasteiger charge is -2.41. The third-order valence-corrected chi connectivity index (χ3v) is 8.11. The summed E-state index contributed by atoms with van der Waals surface area (Å²) in [6, 6.07) is 4.31. The molecule has 0 aliphatic carbocycles. The van der Waals surface area contributed by atoms with Gasteiger partial charge in [0.05, 0.1) is 12.6 Å². The van der Waals surface area contributed by atoms with Crippen LogP contribution in [-0.2, 0) is 20.7 Å². The highest BCUT2D eigenvalue weighted by Crippen LogP contribution is 3.02. The van der Waals surface area contributed by atoms with Crippen LogP contribution < -0.4 is 10.2 Å². The van der Waals surface area contributed by atoms with Crippen molar-refractivity contribution in [1.82, 2.24) is 15.2 Å². The highest BCUT2D eigenvalue weighted by molar-refractivity contribution is 8.45. The predicted molar refractivity (Wildman–Crippen MR) is 147 cm³/mol. The summed E-state index contributed by atoms with van der Waals surface area (Å²) >= 11 is 0. The molecule has 2 amide bonds. The SMILES string of the molecule is COC1CC(C(=O)N(c2ccc(S(F)(F)(F)(F)F)cc2)C(C(=O)NCCc2cc(F)cc(F)c2)c2cccnc2)N(C#N)C1. The fourth-order valence-electron chi connectivity index (χ4n) is 4.88. The van der Waals surface area contributed by atoms with E-state index in [1.807, 2.05) is 6.19 Å². The number of likely N-dealkylation sites (tertiary alicyclic amines) is 1. The molecule has 2 heterocycles. The molecule has 0 spiro atoms.